The lowest BCUT2D eigenvalue weighted by Gasteiger charge is -2.22. The van der Waals surface area contributed by atoms with Gasteiger partial charge < -0.3 is 25.8 Å². The number of carbonyl (C=O) groups excluding carboxylic acids is 4. The van der Waals surface area contributed by atoms with Gasteiger partial charge in [0.15, 0.2) is 0 Å². The van der Waals surface area contributed by atoms with Gasteiger partial charge in [0.2, 0.25) is 11.8 Å². The van der Waals surface area contributed by atoms with Crippen LogP contribution in [0.2, 0.25) is 0 Å². The number of esters is 1. The predicted molar refractivity (Wildman–Crippen MR) is 96.2 cm³/mol. The Morgan fingerprint density at radius 1 is 1.11 bits per heavy atom. The first-order chi connectivity index (χ1) is 12.6. The van der Waals surface area contributed by atoms with Crippen LogP contribution in [0.5, 0.6) is 0 Å². The minimum absolute atomic E-state index is 0.00522. The lowest BCUT2D eigenvalue weighted by atomic mass is 10.1. The average molecular weight is 379 g/mol. The molecule has 4 N–H and O–H groups in total. The predicted octanol–water partition coefficient (Wildman–Crippen LogP) is 0.615. The molecule has 1 aromatic carbocycles. The van der Waals surface area contributed by atoms with E-state index in [2.05, 4.69) is 10.6 Å². The van der Waals surface area contributed by atoms with E-state index in [0.717, 1.165) is 5.56 Å². The second-order valence-electron chi connectivity index (χ2n) is 6.73. The third kappa shape index (κ3) is 9.83. The highest BCUT2D eigenvalue weighted by molar-refractivity contribution is 5.91. The molecule has 9 nitrogen and oxygen atoms in total. The summed E-state index contributed by atoms with van der Waals surface area (Å²) in [5.74, 6) is -2.20. The number of carbonyl (C=O) groups is 4. The molecule has 0 aliphatic heterocycles. The molecule has 0 aliphatic carbocycles. The number of primary amides is 1. The maximum absolute atomic E-state index is 12.2. The van der Waals surface area contributed by atoms with Gasteiger partial charge in [-0.25, -0.2) is 4.79 Å². The van der Waals surface area contributed by atoms with Gasteiger partial charge in [-0.2, -0.15) is 0 Å². The Labute approximate surface area is 157 Å². The van der Waals surface area contributed by atoms with Crippen molar-refractivity contribution in [1.29, 1.82) is 0 Å². The summed E-state index contributed by atoms with van der Waals surface area (Å²) in [6.07, 6.45) is -1.32. The number of rotatable bonds is 8. The standard InChI is InChI=1S/C18H25N3O6/c1-18(2,3)27-15(23)9-13(16(24)20-10-14(19)22)21-17(25)26-11-12-7-5-4-6-8-12/h4-8,13H,9-11H2,1-3H3,(H2,19,22)(H,20,24)(H,21,25)/t13-/m1/s1. The zero-order chi connectivity index (χ0) is 20.4. The summed E-state index contributed by atoms with van der Waals surface area (Å²) in [7, 11) is 0. The minimum Gasteiger partial charge on any atom is -0.460 e. The van der Waals surface area contributed by atoms with Crippen molar-refractivity contribution in [2.45, 2.75) is 45.4 Å². The van der Waals surface area contributed by atoms with E-state index < -0.39 is 48.5 Å². The van der Waals surface area contributed by atoms with Crippen LogP contribution >= 0.6 is 0 Å². The molecule has 0 saturated heterocycles. The van der Waals surface area contributed by atoms with Crippen LogP contribution in [0.25, 0.3) is 0 Å². The topological polar surface area (TPSA) is 137 Å². The molecule has 1 atom stereocenters. The highest BCUT2D eigenvalue weighted by Gasteiger charge is 2.27. The molecular formula is C18H25N3O6. The Hall–Kier alpha value is -3.10. The summed E-state index contributed by atoms with van der Waals surface area (Å²) in [5.41, 5.74) is 4.99. The number of hydrogen-bond donors (Lipinski definition) is 3. The number of nitrogens with one attached hydrogen (secondary N) is 2. The van der Waals surface area contributed by atoms with Crippen LogP contribution in [0.1, 0.15) is 32.8 Å². The first-order valence-corrected chi connectivity index (χ1v) is 8.32. The Bertz CT molecular complexity index is 669. The number of amides is 3. The zero-order valence-electron chi connectivity index (χ0n) is 15.6. The molecular weight excluding hydrogens is 354 g/mol. The van der Waals surface area contributed by atoms with Crippen molar-refractivity contribution in [2.75, 3.05) is 6.54 Å². The summed E-state index contributed by atoms with van der Waals surface area (Å²) in [5, 5.41) is 4.54. The van der Waals surface area contributed by atoms with Crippen molar-refractivity contribution in [2.24, 2.45) is 5.73 Å². The highest BCUT2D eigenvalue weighted by atomic mass is 16.6. The first-order valence-electron chi connectivity index (χ1n) is 8.32. The van der Waals surface area contributed by atoms with Crippen molar-refractivity contribution in [3.05, 3.63) is 35.9 Å². The summed E-state index contributed by atoms with van der Waals surface area (Å²) in [4.78, 5) is 46.9. The fourth-order valence-corrected chi connectivity index (χ4v) is 1.96. The third-order valence-corrected chi connectivity index (χ3v) is 3.05. The molecule has 0 spiro atoms. The quantitative estimate of drug-likeness (QED) is 0.566. The third-order valence-electron chi connectivity index (χ3n) is 3.05. The van der Waals surface area contributed by atoms with Crippen LogP contribution in [-0.4, -0.2) is 42.1 Å². The van der Waals surface area contributed by atoms with Gasteiger partial charge in [-0.05, 0) is 26.3 Å². The van der Waals surface area contributed by atoms with Gasteiger partial charge in [-0.15, -0.1) is 0 Å². The zero-order valence-corrected chi connectivity index (χ0v) is 15.6. The molecule has 0 fully saturated rings. The number of ether oxygens (including phenoxy) is 2. The van der Waals surface area contributed by atoms with Crippen molar-refractivity contribution in [1.82, 2.24) is 10.6 Å². The molecule has 0 bridgehead atoms. The van der Waals surface area contributed by atoms with Gasteiger partial charge in [0.25, 0.3) is 0 Å². The van der Waals surface area contributed by atoms with E-state index in [1.165, 1.54) is 0 Å². The van der Waals surface area contributed by atoms with Crippen LogP contribution in [0.3, 0.4) is 0 Å². The molecule has 0 heterocycles. The molecule has 1 rings (SSSR count). The van der Waals surface area contributed by atoms with Gasteiger partial charge in [-0.3, -0.25) is 14.4 Å². The van der Waals surface area contributed by atoms with Crippen LogP contribution < -0.4 is 16.4 Å². The molecule has 27 heavy (non-hydrogen) atoms. The van der Waals surface area contributed by atoms with Crippen LogP contribution in [-0.2, 0) is 30.5 Å². The molecule has 148 valence electrons. The number of alkyl carbamates (subject to hydrolysis) is 1. The molecule has 0 radical (unpaired) electrons. The summed E-state index contributed by atoms with van der Waals surface area (Å²) in [6.45, 7) is 4.59. The van der Waals surface area contributed by atoms with Crippen LogP contribution in [0, 0.1) is 0 Å². The molecule has 1 aromatic rings. The van der Waals surface area contributed by atoms with Crippen LogP contribution in [0.15, 0.2) is 30.3 Å². The molecule has 0 aliphatic rings. The van der Waals surface area contributed by atoms with Gasteiger partial charge >= 0.3 is 12.1 Å². The van der Waals surface area contributed by atoms with Gasteiger partial charge in [0.1, 0.15) is 18.2 Å². The van der Waals surface area contributed by atoms with Crippen molar-refractivity contribution >= 4 is 23.9 Å². The molecule has 0 aromatic heterocycles. The number of benzene rings is 1. The Kier molecular flexibility index (Phi) is 8.25. The molecule has 0 saturated carbocycles. The fraction of sp³-hybridized carbons (Fsp3) is 0.444. The SMILES string of the molecule is CC(C)(C)OC(=O)C[C@@H](NC(=O)OCc1ccccc1)C(=O)NCC(N)=O. The Balaban J connectivity index is 2.68. The van der Waals surface area contributed by atoms with Gasteiger partial charge in [0, 0.05) is 0 Å². The molecule has 9 heteroatoms. The van der Waals surface area contributed by atoms with E-state index in [0.29, 0.717) is 0 Å². The minimum atomic E-state index is -1.28. The van der Waals surface area contributed by atoms with Gasteiger partial charge in [-0.1, -0.05) is 30.3 Å². The Morgan fingerprint density at radius 2 is 1.74 bits per heavy atom. The molecule has 0 unspecified atom stereocenters. The van der Waals surface area contributed by atoms with Gasteiger partial charge in [0.05, 0.1) is 13.0 Å². The van der Waals surface area contributed by atoms with Crippen LogP contribution in [0.4, 0.5) is 4.79 Å². The van der Waals surface area contributed by atoms with Crippen molar-refractivity contribution in [3.8, 4) is 0 Å². The van der Waals surface area contributed by atoms with Crippen molar-refractivity contribution in [3.63, 3.8) is 0 Å². The lowest BCUT2D eigenvalue weighted by molar-refractivity contribution is -0.156. The second-order valence-corrected chi connectivity index (χ2v) is 6.73. The summed E-state index contributed by atoms with van der Waals surface area (Å²) < 4.78 is 10.2. The van der Waals surface area contributed by atoms with E-state index in [-0.39, 0.29) is 6.61 Å². The van der Waals surface area contributed by atoms with E-state index >= 15 is 0 Å². The van der Waals surface area contributed by atoms with E-state index in [4.69, 9.17) is 15.2 Å². The average Bonchev–Trinajstić information content (AvgIpc) is 2.56. The monoisotopic (exact) mass is 379 g/mol. The maximum atomic E-state index is 12.2. The second kappa shape index (κ2) is 10.1. The summed E-state index contributed by atoms with van der Waals surface area (Å²) in [6, 6.07) is 7.67. The van der Waals surface area contributed by atoms with E-state index in [1.807, 2.05) is 6.07 Å². The normalized spacial score (nSPS) is 11.8. The highest BCUT2D eigenvalue weighted by Crippen LogP contribution is 2.10. The lowest BCUT2D eigenvalue weighted by Crippen LogP contribution is -2.50. The summed E-state index contributed by atoms with van der Waals surface area (Å²) >= 11 is 0. The smallest absolute Gasteiger partial charge is 0.408 e. The maximum Gasteiger partial charge on any atom is 0.408 e. The van der Waals surface area contributed by atoms with E-state index in [9.17, 15) is 19.2 Å². The largest absolute Gasteiger partial charge is 0.460 e. The molecule has 3 amide bonds. The number of nitrogens with two attached hydrogens (primary N) is 1. The van der Waals surface area contributed by atoms with Crippen molar-refractivity contribution < 1.29 is 28.7 Å². The Morgan fingerprint density at radius 3 is 2.30 bits per heavy atom. The number of hydrogen-bond acceptors (Lipinski definition) is 6. The first kappa shape index (κ1) is 21.9. The fourth-order valence-electron chi connectivity index (χ4n) is 1.96. The van der Waals surface area contributed by atoms with E-state index in [1.54, 1.807) is 45.0 Å².